The molecule has 3 nitrogen and oxygen atoms in total. The summed E-state index contributed by atoms with van der Waals surface area (Å²) in [6, 6.07) is 9.99. The molecule has 1 unspecified atom stereocenters. The standard InChI is InChI=1S/C16H20N2O/c1-2-5-12-8-9-18(11-12)16(19)15-10-13-6-3-4-7-14(13)17-15/h3-4,6-7,10,12,17H,2,5,8-9,11H2,1H3. The first-order valence-electron chi connectivity index (χ1n) is 7.15. The maximum Gasteiger partial charge on any atom is 0.270 e. The molecule has 0 saturated carbocycles. The Kier molecular flexibility index (Phi) is 3.28. The summed E-state index contributed by atoms with van der Waals surface area (Å²) in [4.78, 5) is 17.7. The van der Waals surface area contributed by atoms with E-state index < -0.39 is 0 Å². The van der Waals surface area contributed by atoms with Gasteiger partial charge in [0.1, 0.15) is 5.69 Å². The van der Waals surface area contributed by atoms with Crippen molar-refractivity contribution in [3.05, 3.63) is 36.0 Å². The molecule has 0 aliphatic carbocycles. The Morgan fingerprint density at radius 2 is 2.26 bits per heavy atom. The Morgan fingerprint density at radius 3 is 3.05 bits per heavy atom. The normalized spacial score (nSPS) is 19.2. The molecule has 0 spiro atoms. The Morgan fingerprint density at radius 1 is 1.42 bits per heavy atom. The zero-order chi connectivity index (χ0) is 13.2. The quantitative estimate of drug-likeness (QED) is 0.897. The fraction of sp³-hybridized carbons (Fsp3) is 0.438. The minimum atomic E-state index is 0.148. The largest absolute Gasteiger partial charge is 0.351 e. The number of benzene rings is 1. The van der Waals surface area contributed by atoms with Crippen LogP contribution in [0.25, 0.3) is 10.9 Å². The number of carbonyl (C=O) groups is 1. The maximum absolute atomic E-state index is 12.5. The van der Waals surface area contributed by atoms with E-state index in [0.717, 1.165) is 36.1 Å². The van der Waals surface area contributed by atoms with E-state index in [4.69, 9.17) is 0 Å². The lowest BCUT2D eigenvalue weighted by Gasteiger charge is -2.15. The third-order valence-electron chi connectivity index (χ3n) is 4.03. The predicted octanol–water partition coefficient (Wildman–Crippen LogP) is 3.43. The second kappa shape index (κ2) is 5.08. The second-order valence-corrected chi connectivity index (χ2v) is 5.46. The molecular weight excluding hydrogens is 236 g/mol. The Bertz CT molecular complexity index is 554. The van der Waals surface area contributed by atoms with Gasteiger partial charge in [-0.3, -0.25) is 4.79 Å². The van der Waals surface area contributed by atoms with Gasteiger partial charge in [0.15, 0.2) is 0 Å². The van der Waals surface area contributed by atoms with Gasteiger partial charge in [-0.2, -0.15) is 0 Å². The number of H-pyrrole nitrogens is 1. The molecule has 1 N–H and O–H groups in total. The molecule has 100 valence electrons. The molecule has 0 radical (unpaired) electrons. The van der Waals surface area contributed by atoms with Crippen molar-refractivity contribution in [3.63, 3.8) is 0 Å². The summed E-state index contributed by atoms with van der Waals surface area (Å²) in [5.74, 6) is 0.841. The highest BCUT2D eigenvalue weighted by molar-refractivity contribution is 5.98. The highest BCUT2D eigenvalue weighted by Crippen LogP contribution is 2.23. The van der Waals surface area contributed by atoms with Gasteiger partial charge >= 0.3 is 0 Å². The van der Waals surface area contributed by atoms with E-state index in [1.165, 1.54) is 12.8 Å². The number of hydrogen-bond donors (Lipinski definition) is 1. The van der Waals surface area contributed by atoms with Crippen LogP contribution in [0.1, 0.15) is 36.7 Å². The number of hydrogen-bond acceptors (Lipinski definition) is 1. The van der Waals surface area contributed by atoms with Crippen molar-refractivity contribution in [3.8, 4) is 0 Å². The molecule has 1 aliphatic heterocycles. The average Bonchev–Trinajstić information content (AvgIpc) is 3.04. The van der Waals surface area contributed by atoms with Gasteiger partial charge in [-0.25, -0.2) is 0 Å². The van der Waals surface area contributed by atoms with Crippen molar-refractivity contribution in [2.75, 3.05) is 13.1 Å². The molecule has 1 aliphatic rings. The topological polar surface area (TPSA) is 36.1 Å². The number of aromatic nitrogens is 1. The van der Waals surface area contributed by atoms with Gasteiger partial charge in [0.2, 0.25) is 0 Å². The number of fused-ring (bicyclic) bond motifs is 1. The summed E-state index contributed by atoms with van der Waals surface area (Å²) in [7, 11) is 0. The van der Waals surface area contributed by atoms with Gasteiger partial charge < -0.3 is 9.88 Å². The lowest BCUT2D eigenvalue weighted by atomic mass is 10.0. The van der Waals surface area contributed by atoms with E-state index in [1.54, 1.807) is 0 Å². The van der Waals surface area contributed by atoms with Gasteiger partial charge in [0.25, 0.3) is 5.91 Å². The molecule has 1 amide bonds. The van der Waals surface area contributed by atoms with Crippen LogP contribution in [-0.2, 0) is 0 Å². The van der Waals surface area contributed by atoms with Gasteiger partial charge in [-0.15, -0.1) is 0 Å². The summed E-state index contributed by atoms with van der Waals surface area (Å²) < 4.78 is 0. The molecule has 1 atom stereocenters. The van der Waals surface area contributed by atoms with E-state index in [-0.39, 0.29) is 5.91 Å². The molecule has 3 rings (SSSR count). The number of amides is 1. The number of carbonyl (C=O) groups excluding carboxylic acids is 1. The van der Waals surface area contributed by atoms with Crippen molar-refractivity contribution in [1.82, 2.24) is 9.88 Å². The number of nitrogens with one attached hydrogen (secondary N) is 1. The molecule has 1 aromatic heterocycles. The van der Waals surface area contributed by atoms with Crippen molar-refractivity contribution >= 4 is 16.8 Å². The zero-order valence-electron chi connectivity index (χ0n) is 11.4. The van der Waals surface area contributed by atoms with Gasteiger partial charge in [-0.1, -0.05) is 31.5 Å². The number of para-hydroxylation sites is 1. The van der Waals surface area contributed by atoms with E-state index in [1.807, 2.05) is 35.2 Å². The fourth-order valence-electron chi connectivity index (χ4n) is 3.02. The summed E-state index contributed by atoms with van der Waals surface area (Å²) in [6.45, 7) is 4.03. The molecule has 1 aromatic carbocycles. The fourth-order valence-corrected chi connectivity index (χ4v) is 3.02. The van der Waals surface area contributed by atoms with Crippen molar-refractivity contribution in [1.29, 1.82) is 0 Å². The molecule has 3 heteroatoms. The van der Waals surface area contributed by atoms with Gasteiger partial charge in [-0.05, 0) is 30.9 Å². The van der Waals surface area contributed by atoms with Crippen LogP contribution < -0.4 is 0 Å². The van der Waals surface area contributed by atoms with Crippen LogP contribution in [0.2, 0.25) is 0 Å². The molecular formula is C16H20N2O. The molecule has 2 heterocycles. The maximum atomic E-state index is 12.5. The second-order valence-electron chi connectivity index (χ2n) is 5.46. The molecule has 2 aromatic rings. The lowest BCUT2D eigenvalue weighted by Crippen LogP contribution is -2.28. The van der Waals surface area contributed by atoms with Gasteiger partial charge in [0.05, 0.1) is 0 Å². The average molecular weight is 256 g/mol. The minimum absolute atomic E-state index is 0.148. The summed E-state index contributed by atoms with van der Waals surface area (Å²) in [5.41, 5.74) is 1.76. The third-order valence-corrected chi connectivity index (χ3v) is 4.03. The Hall–Kier alpha value is -1.77. The predicted molar refractivity (Wildman–Crippen MR) is 77.2 cm³/mol. The third kappa shape index (κ3) is 2.37. The molecule has 19 heavy (non-hydrogen) atoms. The highest BCUT2D eigenvalue weighted by atomic mass is 16.2. The van der Waals surface area contributed by atoms with Crippen molar-refractivity contribution in [2.45, 2.75) is 26.2 Å². The van der Waals surface area contributed by atoms with Crippen LogP contribution in [0, 0.1) is 5.92 Å². The number of likely N-dealkylation sites (tertiary alicyclic amines) is 1. The highest BCUT2D eigenvalue weighted by Gasteiger charge is 2.26. The van der Waals surface area contributed by atoms with E-state index >= 15 is 0 Å². The number of nitrogens with zero attached hydrogens (tertiary/aromatic N) is 1. The molecule has 1 saturated heterocycles. The summed E-state index contributed by atoms with van der Waals surface area (Å²) in [6.07, 6.45) is 3.59. The lowest BCUT2D eigenvalue weighted by molar-refractivity contribution is 0.0781. The number of aromatic amines is 1. The van der Waals surface area contributed by atoms with E-state index in [0.29, 0.717) is 5.92 Å². The number of rotatable bonds is 3. The van der Waals surface area contributed by atoms with Crippen molar-refractivity contribution < 1.29 is 4.79 Å². The summed E-state index contributed by atoms with van der Waals surface area (Å²) >= 11 is 0. The first kappa shape index (κ1) is 12.3. The van der Waals surface area contributed by atoms with Crippen LogP contribution in [0.4, 0.5) is 0 Å². The van der Waals surface area contributed by atoms with Gasteiger partial charge in [0, 0.05) is 24.0 Å². The van der Waals surface area contributed by atoms with Crippen LogP contribution in [0.15, 0.2) is 30.3 Å². The summed E-state index contributed by atoms with van der Waals surface area (Å²) in [5, 5.41) is 1.11. The van der Waals surface area contributed by atoms with Crippen LogP contribution in [0.3, 0.4) is 0 Å². The Labute approximate surface area is 113 Å². The first-order valence-corrected chi connectivity index (χ1v) is 7.15. The SMILES string of the molecule is CCCC1CCN(C(=O)c2cc3ccccc3[nH]2)C1. The Balaban J connectivity index is 1.77. The molecule has 1 fully saturated rings. The zero-order valence-corrected chi connectivity index (χ0v) is 11.4. The van der Waals surface area contributed by atoms with E-state index in [2.05, 4.69) is 11.9 Å². The van der Waals surface area contributed by atoms with Crippen LogP contribution in [0.5, 0.6) is 0 Å². The van der Waals surface area contributed by atoms with Crippen molar-refractivity contribution in [2.24, 2.45) is 5.92 Å². The van der Waals surface area contributed by atoms with Crippen LogP contribution in [-0.4, -0.2) is 28.9 Å². The molecule has 0 bridgehead atoms. The first-order chi connectivity index (χ1) is 9.28. The van der Waals surface area contributed by atoms with Crippen LogP contribution >= 0.6 is 0 Å². The monoisotopic (exact) mass is 256 g/mol. The smallest absolute Gasteiger partial charge is 0.270 e. The minimum Gasteiger partial charge on any atom is -0.351 e. The van der Waals surface area contributed by atoms with E-state index in [9.17, 15) is 4.79 Å².